The molecule has 1 aliphatic carbocycles. The van der Waals surface area contributed by atoms with Gasteiger partial charge in [-0.3, -0.25) is 0 Å². The molecule has 0 saturated carbocycles. The summed E-state index contributed by atoms with van der Waals surface area (Å²) >= 11 is 0. The van der Waals surface area contributed by atoms with Gasteiger partial charge in [0.05, 0.1) is 6.61 Å². The Morgan fingerprint density at radius 2 is 2.05 bits per heavy atom. The maximum absolute atomic E-state index is 5.96. The summed E-state index contributed by atoms with van der Waals surface area (Å²) in [7, 11) is 0. The first-order valence-electron chi connectivity index (χ1n) is 7.37. The number of fused-ring (bicyclic) bond motifs is 1. The van der Waals surface area contributed by atoms with Crippen LogP contribution in [0.5, 0.6) is 5.75 Å². The molecule has 2 nitrogen and oxygen atoms in total. The fourth-order valence-corrected chi connectivity index (χ4v) is 2.72. The summed E-state index contributed by atoms with van der Waals surface area (Å²) in [5.74, 6) is 1.54. The Bertz CT molecular complexity index is 579. The molecule has 3 rings (SSSR count). The van der Waals surface area contributed by atoms with E-state index in [-0.39, 0.29) is 0 Å². The molecule has 1 unspecified atom stereocenters. The van der Waals surface area contributed by atoms with E-state index in [1.807, 2.05) is 6.07 Å². The van der Waals surface area contributed by atoms with E-state index in [4.69, 9.17) is 4.74 Å². The molecular weight excluding hydrogens is 246 g/mol. The molecule has 0 bridgehead atoms. The van der Waals surface area contributed by atoms with Crippen molar-refractivity contribution < 1.29 is 4.74 Å². The normalized spacial score (nSPS) is 16.4. The first-order chi connectivity index (χ1) is 9.86. The minimum atomic E-state index is 0.559. The molecule has 2 heteroatoms. The van der Waals surface area contributed by atoms with Gasteiger partial charge >= 0.3 is 0 Å². The number of nitrogens with one attached hydrogen (secondary N) is 1. The monoisotopic (exact) mass is 267 g/mol. The highest BCUT2D eigenvalue weighted by molar-refractivity contribution is 5.40. The van der Waals surface area contributed by atoms with Crippen molar-refractivity contribution in [1.29, 1.82) is 0 Å². The van der Waals surface area contributed by atoms with Gasteiger partial charge in [-0.05, 0) is 41.8 Å². The average molecular weight is 267 g/mol. The van der Waals surface area contributed by atoms with E-state index < -0.39 is 0 Å². The van der Waals surface area contributed by atoms with Crippen LogP contribution in [0.3, 0.4) is 0 Å². The number of hydrogen-bond donors (Lipinski definition) is 1. The zero-order valence-corrected chi connectivity index (χ0v) is 11.9. The summed E-state index contributed by atoms with van der Waals surface area (Å²) in [5, 5.41) is 3.34. The summed E-state index contributed by atoms with van der Waals surface area (Å²) in [6.45, 7) is 4.79. The molecule has 2 aromatic carbocycles. The summed E-state index contributed by atoms with van der Waals surface area (Å²) in [6, 6.07) is 17.0. The van der Waals surface area contributed by atoms with Crippen molar-refractivity contribution in [3.8, 4) is 5.75 Å². The van der Waals surface area contributed by atoms with Gasteiger partial charge in [0, 0.05) is 12.5 Å². The summed E-state index contributed by atoms with van der Waals surface area (Å²) in [6.07, 6.45) is 1.15. The second-order valence-corrected chi connectivity index (χ2v) is 5.34. The SMILES string of the molecule is CCNCc1cccc(OCC2Cc3ccccc32)c1. The van der Waals surface area contributed by atoms with Crippen LogP contribution in [0.15, 0.2) is 48.5 Å². The van der Waals surface area contributed by atoms with Crippen molar-refractivity contribution in [2.45, 2.75) is 25.8 Å². The van der Waals surface area contributed by atoms with E-state index in [9.17, 15) is 0 Å². The molecule has 0 heterocycles. The van der Waals surface area contributed by atoms with Crippen molar-refractivity contribution in [2.75, 3.05) is 13.2 Å². The molecule has 20 heavy (non-hydrogen) atoms. The predicted octanol–water partition coefficient (Wildman–Crippen LogP) is 3.51. The van der Waals surface area contributed by atoms with Crippen molar-refractivity contribution in [1.82, 2.24) is 5.32 Å². The van der Waals surface area contributed by atoms with Gasteiger partial charge < -0.3 is 10.1 Å². The minimum Gasteiger partial charge on any atom is -0.493 e. The minimum absolute atomic E-state index is 0.559. The first-order valence-corrected chi connectivity index (χ1v) is 7.37. The lowest BCUT2D eigenvalue weighted by atomic mass is 9.78. The number of rotatable bonds is 6. The van der Waals surface area contributed by atoms with Gasteiger partial charge in [0.15, 0.2) is 0 Å². The average Bonchev–Trinajstić information content (AvgIpc) is 2.46. The van der Waals surface area contributed by atoms with Gasteiger partial charge in [-0.25, -0.2) is 0 Å². The number of benzene rings is 2. The maximum atomic E-state index is 5.96. The Kier molecular flexibility index (Phi) is 4.03. The molecule has 0 aromatic heterocycles. The van der Waals surface area contributed by atoms with E-state index in [0.717, 1.165) is 31.9 Å². The van der Waals surface area contributed by atoms with Crippen LogP contribution >= 0.6 is 0 Å². The van der Waals surface area contributed by atoms with Gasteiger partial charge in [-0.2, -0.15) is 0 Å². The molecule has 104 valence electrons. The fraction of sp³-hybridized carbons (Fsp3) is 0.333. The Morgan fingerprint density at radius 1 is 1.15 bits per heavy atom. The van der Waals surface area contributed by atoms with Crippen LogP contribution in [0.1, 0.15) is 29.5 Å². The Hall–Kier alpha value is -1.80. The van der Waals surface area contributed by atoms with Gasteiger partial charge in [-0.1, -0.05) is 43.3 Å². The summed E-state index contributed by atoms with van der Waals surface area (Å²) in [5.41, 5.74) is 4.21. The van der Waals surface area contributed by atoms with Gasteiger partial charge in [-0.15, -0.1) is 0 Å². The third-order valence-electron chi connectivity index (χ3n) is 3.89. The van der Waals surface area contributed by atoms with Crippen LogP contribution in [0, 0.1) is 0 Å². The van der Waals surface area contributed by atoms with Crippen LogP contribution in [0.2, 0.25) is 0 Å². The lowest BCUT2D eigenvalue weighted by Crippen LogP contribution is -2.23. The van der Waals surface area contributed by atoms with E-state index in [0.29, 0.717) is 5.92 Å². The fourth-order valence-electron chi connectivity index (χ4n) is 2.72. The third kappa shape index (κ3) is 2.86. The molecule has 0 fully saturated rings. The van der Waals surface area contributed by atoms with Crippen LogP contribution in [-0.2, 0) is 13.0 Å². The topological polar surface area (TPSA) is 21.3 Å². The second kappa shape index (κ2) is 6.10. The standard InChI is InChI=1S/C18H21NO/c1-2-19-12-14-6-5-8-17(10-14)20-13-16-11-15-7-3-4-9-18(15)16/h3-10,16,19H,2,11-13H2,1H3. The molecule has 0 saturated heterocycles. The Labute approximate surface area is 120 Å². The molecule has 0 spiro atoms. The zero-order valence-electron chi connectivity index (χ0n) is 11.9. The highest BCUT2D eigenvalue weighted by atomic mass is 16.5. The molecule has 0 aliphatic heterocycles. The second-order valence-electron chi connectivity index (χ2n) is 5.34. The summed E-state index contributed by atoms with van der Waals surface area (Å²) in [4.78, 5) is 0. The summed E-state index contributed by atoms with van der Waals surface area (Å²) < 4.78 is 5.96. The molecular formula is C18H21NO. The molecule has 0 amide bonds. The zero-order chi connectivity index (χ0) is 13.8. The van der Waals surface area contributed by atoms with Crippen LogP contribution < -0.4 is 10.1 Å². The predicted molar refractivity (Wildman–Crippen MR) is 82.2 cm³/mol. The highest BCUT2D eigenvalue weighted by Crippen LogP contribution is 2.35. The molecule has 1 atom stereocenters. The van der Waals surface area contributed by atoms with E-state index >= 15 is 0 Å². The van der Waals surface area contributed by atoms with Gasteiger partial charge in [0.25, 0.3) is 0 Å². The molecule has 1 aliphatic rings. The number of hydrogen-bond acceptors (Lipinski definition) is 2. The van der Waals surface area contributed by atoms with Crippen molar-refractivity contribution in [2.24, 2.45) is 0 Å². The van der Waals surface area contributed by atoms with Gasteiger partial charge in [0.1, 0.15) is 5.75 Å². The van der Waals surface area contributed by atoms with Crippen LogP contribution in [0.4, 0.5) is 0 Å². The lowest BCUT2D eigenvalue weighted by molar-refractivity contribution is 0.275. The third-order valence-corrected chi connectivity index (χ3v) is 3.89. The maximum Gasteiger partial charge on any atom is 0.119 e. The van der Waals surface area contributed by atoms with Crippen LogP contribution in [0.25, 0.3) is 0 Å². The largest absolute Gasteiger partial charge is 0.493 e. The quantitative estimate of drug-likeness (QED) is 0.864. The van der Waals surface area contributed by atoms with Crippen molar-refractivity contribution >= 4 is 0 Å². The van der Waals surface area contributed by atoms with E-state index in [1.54, 1.807) is 0 Å². The first kappa shape index (κ1) is 13.2. The Morgan fingerprint density at radius 3 is 2.90 bits per heavy atom. The number of ether oxygens (including phenoxy) is 1. The van der Waals surface area contributed by atoms with Crippen molar-refractivity contribution in [3.63, 3.8) is 0 Å². The smallest absolute Gasteiger partial charge is 0.119 e. The van der Waals surface area contributed by atoms with E-state index in [2.05, 4.69) is 54.7 Å². The molecule has 0 radical (unpaired) electrons. The van der Waals surface area contributed by atoms with Crippen molar-refractivity contribution in [3.05, 3.63) is 65.2 Å². The van der Waals surface area contributed by atoms with E-state index in [1.165, 1.54) is 16.7 Å². The lowest BCUT2D eigenvalue weighted by Gasteiger charge is -2.29. The van der Waals surface area contributed by atoms with Gasteiger partial charge in [0.2, 0.25) is 0 Å². The van der Waals surface area contributed by atoms with Crippen LogP contribution in [-0.4, -0.2) is 13.2 Å². The Balaban J connectivity index is 1.57. The molecule has 1 N–H and O–H groups in total. The highest BCUT2D eigenvalue weighted by Gasteiger charge is 2.25. The molecule has 2 aromatic rings.